The smallest absolute Gasteiger partial charge is 0.263 e. The zero-order valence-electron chi connectivity index (χ0n) is 11.7. The topological polar surface area (TPSA) is 111 Å². The molecule has 0 unspecified atom stereocenters. The number of hydrogen-bond acceptors (Lipinski definition) is 6. The minimum absolute atomic E-state index is 0.0321. The molecule has 0 bridgehead atoms. The Morgan fingerprint density at radius 3 is 2.76 bits per heavy atom. The van der Waals surface area contributed by atoms with Crippen LogP contribution >= 0.6 is 0 Å². The van der Waals surface area contributed by atoms with Gasteiger partial charge < -0.3 is 5.73 Å². The molecule has 1 aromatic carbocycles. The van der Waals surface area contributed by atoms with Crippen molar-refractivity contribution in [2.75, 3.05) is 5.73 Å². The van der Waals surface area contributed by atoms with Crippen LogP contribution in [0.1, 0.15) is 18.9 Å². The number of hydrazone groups is 1. The first-order chi connectivity index (χ1) is 10.2. The maximum Gasteiger partial charge on any atom is 0.263 e. The number of tetrazole rings is 1. The number of carbonyl (C=O) groups excluding carboxylic acids is 1. The standard InChI is InChI=1S/C13H17N7O/c1-2-11(8-10-6-4-3-5-7-10)15-16-12(21)9-20-18-13(14)17-19-20/h3-7H,2,8-9H2,1H3,(H2,14,18)(H,16,21)/b15-11-. The molecule has 0 atom stereocenters. The highest BCUT2D eigenvalue weighted by molar-refractivity contribution is 5.87. The van der Waals surface area contributed by atoms with Gasteiger partial charge in [0.2, 0.25) is 0 Å². The van der Waals surface area contributed by atoms with Crippen molar-refractivity contribution in [3.05, 3.63) is 35.9 Å². The summed E-state index contributed by atoms with van der Waals surface area (Å²) < 4.78 is 0. The second kappa shape index (κ2) is 7.13. The molecule has 0 saturated carbocycles. The number of amides is 1. The van der Waals surface area contributed by atoms with E-state index < -0.39 is 0 Å². The molecule has 0 aliphatic heterocycles. The van der Waals surface area contributed by atoms with Gasteiger partial charge in [0.15, 0.2) is 0 Å². The Kier molecular flexibility index (Phi) is 4.97. The van der Waals surface area contributed by atoms with Gasteiger partial charge in [-0.1, -0.05) is 42.4 Å². The van der Waals surface area contributed by atoms with Crippen LogP contribution in [-0.4, -0.2) is 31.8 Å². The molecule has 3 N–H and O–H groups in total. The molecule has 0 aliphatic rings. The van der Waals surface area contributed by atoms with Crippen LogP contribution in [0.15, 0.2) is 35.4 Å². The van der Waals surface area contributed by atoms with Crippen LogP contribution in [0.2, 0.25) is 0 Å². The van der Waals surface area contributed by atoms with E-state index in [1.165, 1.54) is 0 Å². The van der Waals surface area contributed by atoms with Crippen molar-refractivity contribution in [1.29, 1.82) is 0 Å². The normalized spacial score (nSPS) is 11.4. The Morgan fingerprint density at radius 1 is 1.38 bits per heavy atom. The second-order valence-electron chi connectivity index (χ2n) is 4.41. The third-order valence-corrected chi connectivity index (χ3v) is 2.75. The zero-order valence-corrected chi connectivity index (χ0v) is 11.7. The van der Waals surface area contributed by atoms with Crippen molar-refractivity contribution >= 4 is 17.6 Å². The van der Waals surface area contributed by atoms with E-state index in [-0.39, 0.29) is 18.4 Å². The number of nitrogens with one attached hydrogen (secondary N) is 1. The van der Waals surface area contributed by atoms with Crippen LogP contribution in [0.25, 0.3) is 0 Å². The van der Waals surface area contributed by atoms with Crippen molar-refractivity contribution in [1.82, 2.24) is 25.6 Å². The fourth-order valence-corrected chi connectivity index (χ4v) is 1.70. The molecule has 1 aromatic heterocycles. The first-order valence-corrected chi connectivity index (χ1v) is 6.59. The molecular weight excluding hydrogens is 270 g/mol. The largest absolute Gasteiger partial charge is 0.365 e. The van der Waals surface area contributed by atoms with Crippen molar-refractivity contribution < 1.29 is 4.79 Å². The Morgan fingerprint density at radius 2 is 2.14 bits per heavy atom. The fraction of sp³-hybridized carbons (Fsp3) is 0.308. The molecule has 0 aliphatic carbocycles. The van der Waals surface area contributed by atoms with Crippen LogP contribution in [-0.2, 0) is 17.8 Å². The molecule has 0 fully saturated rings. The second-order valence-corrected chi connectivity index (χ2v) is 4.41. The predicted molar refractivity (Wildman–Crippen MR) is 78.2 cm³/mol. The summed E-state index contributed by atoms with van der Waals surface area (Å²) >= 11 is 0. The molecule has 0 radical (unpaired) electrons. The molecule has 0 saturated heterocycles. The summed E-state index contributed by atoms with van der Waals surface area (Å²) in [4.78, 5) is 12.8. The summed E-state index contributed by atoms with van der Waals surface area (Å²) in [6.07, 6.45) is 1.45. The van der Waals surface area contributed by atoms with E-state index in [9.17, 15) is 4.79 Å². The minimum Gasteiger partial charge on any atom is -0.365 e. The lowest BCUT2D eigenvalue weighted by molar-refractivity contribution is -0.122. The van der Waals surface area contributed by atoms with Gasteiger partial charge >= 0.3 is 0 Å². The van der Waals surface area contributed by atoms with Crippen molar-refractivity contribution in [3.63, 3.8) is 0 Å². The minimum atomic E-state index is -0.327. The molecule has 21 heavy (non-hydrogen) atoms. The van der Waals surface area contributed by atoms with Gasteiger partial charge in [0, 0.05) is 12.1 Å². The monoisotopic (exact) mass is 287 g/mol. The number of anilines is 1. The highest BCUT2D eigenvalue weighted by Crippen LogP contribution is 2.02. The summed E-state index contributed by atoms with van der Waals surface area (Å²) in [5.74, 6) is -0.295. The summed E-state index contributed by atoms with van der Waals surface area (Å²) in [6, 6.07) is 9.96. The molecule has 2 aromatic rings. The molecule has 8 heteroatoms. The lowest BCUT2D eigenvalue weighted by Crippen LogP contribution is -2.26. The van der Waals surface area contributed by atoms with Gasteiger partial charge in [-0.2, -0.15) is 9.90 Å². The highest BCUT2D eigenvalue weighted by Gasteiger charge is 2.06. The maximum atomic E-state index is 11.7. The van der Waals surface area contributed by atoms with Gasteiger partial charge in [-0.3, -0.25) is 4.79 Å². The predicted octanol–water partition coefficient (Wildman–Crippen LogP) is 0.380. The molecule has 0 spiro atoms. The summed E-state index contributed by atoms with van der Waals surface area (Å²) in [6.45, 7) is 1.92. The lowest BCUT2D eigenvalue weighted by atomic mass is 10.1. The Bertz CT molecular complexity index is 620. The Hall–Kier alpha value is -2.77. The van der Waals surface area contributed by atoms with Gasteiger partial charge in [-0.25, -0.2) is 5.43 Å². The van der Waals surface area contributed by atoms with Crippen molar-refractivity contribution in [2.24, 2.45) is 5.10 Å². The number of aromatic nitrogens is 4. The molecular formula is C13H17N7O. The van der Waals surface area contributed by atoms with E-state index in [0.717, 1.165) is 22.5 Å². The number of rotatable bonds is 6. The summed E-state index contributed by atoms with van der Waals surface area (Å²) in [5, 5.41) is 15.0. The number of nitrogen functional groups attached to an aromatic ring is 1. The summed E-state index contributed by atoms with van der Waals surface area (Å²) in [5.41, 5.74) is 9.85. The molecule has 8 nitrogen and oxygen atoms in total. The van der Waals surface area contributed by atoms with E-state index in [0.29, 0.717) is 6.42 Å². The van der Waals surface area contributed by atoms with Gasteiger partial charge in [-0.05, 0) is 17.2 Å². The SMILES string of the molecule is CC/C(Cc1ccccc1)=N/NC(=O)Cn1nnc(N)n1. The van der Waals surface area contributed by atoms with E-state index in [1.54, 1.807) is 0 Å². The maximum absolute atomic E-state index is 11.7. The van der Waals surface area contributed by atoms with E-state index >= 15 is 0 Å². The van der Waals surface area contributed by atoms with E-state index in [2.05, 4.69) is 25.9 Å². The van der Waals surface area contributed by atoms with Crippen LogP contribution in [0.5, 0.6) is 0 Å². The molecule has 110 valence electrons. The third-order valence-electron chi connectivity index (χ3n) is 2.75. The van der Waals surface area contributed by atoms with Crippen molar-refractivity contribution in [3.8, 4) is 0 Å². The molecule has 1 amide bonds. The molecule has 1 heterocycles. The average molecular weight is 287 g/mol. The quantitative estimate of drug-likeness (QED) is 0.589. The van der Waals surface area contributed by atoms with Gasteiger partial charge in [0.1, 0.15) is 6.54 Å². The van der Waals surface area contributed by atoms with Crippen LogP contribution < -0.4 is 11.2 Å². The number of nitrogens with two attached hydrogens (primary N) is 1. The fourth-order valence-electron chi connectivity index (χ4n) is 1.70. The van der Waals surface area contributed by atoms with Crippen LogP contribution in [0.4, 0.5) is 5.95 Å². The first kappa shape index (κ1) is 14.6. The summed E-state index contributed by atoms with van der Waals surface area (Å²) in [7, 11) is 0. The number of hydrogen-bond donors (Lipinski definition) is 2. The van der Waals surface area contributed by atoms with Crippen LogP contribution in [0, 0.1) is 0 Å². The zero-order chi connectivity index (χ0) is 15.1. The average Bonchev–Trinajstić information content (AvgIpc) is 2.89. The lowest BCUT2D eigenvalue weighted by Gasteiger charge is -2.05. The van der Waals surface area contributed by atoms with Gasteiger partial charge in [-0.15, -0.1) is 5.10 Å². The van der Waals surface area contributed by atoms with Gasteiger partial charge in [0.25, 0.3) is 11.9 Å². The number of carbonyl (C=O) groups is 1. The Labute approximate surface area is 122 Å². The number of nitrogens with zero attached hydrogens (tertiary/aromatic N) is 5. The third kappa shape index (κ3) is 4.68. The van der Waals surface area contributed by atoms with Crippen molar-refractivity contribution in [2.45, 2.75) is 26.3 Å². The van der Waals surface area contributed by atoms with E-state index in [1.807, 2.05) is 37.3 Å². The van der Waals surface area contributed by atoms with Crippen LogP contribution in [0.3, 0.4) is 0 Å². The Balaban J connectivity index is 1.89. The first-order valence-electron chi connectivity index (χ1n) is 6.59. The van der Waals surface area contributed by atoms with Gasteiger partial charge in [0.05, 0.1) is 0 Å². The highest BCUT2D eigenvalue weighted by atomic mass is 16.2. The van der Waals surface area contributed by atoms with E-state index in [4.69, 9.17) is 5.73 Å². The number of benzene rings is 1. The molecule has 2 rings (SSSR count).